The van der Waals surface area contributed by atoms with E-state index in [-0.39, 0.29) is 0 Å². The van der Waals surface area contributed by atoms with Crippen molar-refractivity contribution in [1.82, 2.24) is 0 Å². The Morgan fingerprint density at radius 3 is 1.56 bits per heavy atom. The monoisotopic (exact) mass is 224 g/mol. The molecule has 0 heteroatoms. The Bertz CT molecular complexity index is 135. The zero-order valence-corrected chi connectivity index (χ0v) is 11.6. The molecule has 0 aromatic rings. The largest absolute Gasteiger partial charge is 0.0885 e. The van der Waals surface area contributed by atoms with Crippen molar-refractivity contribution in [2.24, 2.45) is 0 Å². The molecule has 0 aromatic heterocycles. The summed E-state index contributed by atoms with van der Waals surface area (Å²) in [5.74, 6) is 0. The molecular weight excluding hydrogens is 192 g/mol. The minimum absolute atomic E-state index is 1.26. The lowest BCUT2D eigenvalue weighted by atomic mass is 10.1. The molecule has 0 aliphatic heterocycles. The van der Waals surface area contributed by atoms with Crippen molar-refractivity contribution in [2.75, 3.05) is 0 Å². The summed E-state index contributed by atoms with van der Waals surface area (Å²) in [6, 6.07) is 0. The second kappa shape index (κ2) is 14.7. The van der Waals surface area contributed by atoms with E-state index in [1.807, 2.05) is 0 Å². The van der Waals surface area contributed by atoms with E-state index in [1.165, 1.54) is 77.0 Å². The highest BCUT2D eigenvalue weighted by Crippen LogP contribution is 2.10. The molecule has 0 bridgehead atoms. The van der Waals surface area contributed by atoms with E-state index in [1.54, 1.807) is 0 Å². The summed E-state index contributed by atoms with van der Waals surface area (Å²) in [5.41, 5.74) is 0. The fraction of sp³-hybridized carbons (Fsp3) is 0.875. The maximum Gasteiger partial charge on any atom is -0.0351 e. The van der Waals surface area contributed by atoms with E-state index < -0.39 is 0 Å². The fourth-order valence-electron chi connectivity index (χ4n) is 1.98. The summed E-state index contributed by atoms with van der Waals surface area (Å²) in [7, 11) is 0. The quantitative estimate of drug-likeness (QED) is 0.271. The van der Waals surface area contributed by atoms with Crippen molar-refractivity contribution in [2.45, 2.75) is 90.9 Å². The molecule has 0 nitrogen and oxygen atoms in total. The molecule has 0 spiro atoms. The van der Waals surface area contributed by atoms with Crippen LogP contribution in [0.5, 0.6) is 0 Å². The molecule has 0 atom stereocenters. The lowest BCUT2D eigenvalue weighted by molar-refractivity contribution is 0.566. The van der Waals surface area contributed by atoms with Crippen LogP contribution in [0.2, 0.25) is 0 Å². The highest BCUT2D eigenvalue weighted by atomic mass is 14.0. The van der Waals surface area contributed by atoms with Crippen molar-refractivity contribution in [1.29, 1.82) is 0 Å². The molecule has 0 unspecified atom stereocenters. The van der Waals surface area contributed by atoms with E-state index in [0.717, 1.165) is 0 Å². The summed E-state index contributed by atoms with van der Waals surface area (Å²) >= 11 is 0. The van der Waals surface area contributed by atoms with Crippen LogP contribution in [-0.4, -0.2) is 0 Å². The van der Waals surface area contributed by atoms with Gasteiger partial charge in [-0.1, -0.05) is 83.8 Å². The third-order valence-corrected chi connectivity index (χ3v) is 3.10. The van der Waals surface area contributed by atoms with Gasteiger partial charge < -0.3 is 0 Å². The van der Waals surface area contributed by atoms with Gasteiger partial charge in [-0.15, -0.1) is 0 Å². The second-order valence-electron chi connectivity index (χ2n) is 4.88. The first-order chi connectivity index (χ1) is 7.91. The Hall–Kier alpha value is -0.260. The molecule has 16 heavy (non-hydrogen) atoms. The number of unbranched alkanes of at least 4 members (excludes halogenated alkanes) is 10. The molecule has 0 rings (SSSR count). The van der Waals surface area contributed by atoms with Gasteiger partial charge in [-0.25, -0.2) is 0 Å². The van der Waals surface area contributed by atoms with Gasteiger partial charge in [-0.3, -0.25) is 0 Å². The summed E-state index contributed by atoms with van der Waals surface area (Å²) < 4.78 is 0. The van der Waals surface area contributed by atoms with Crippen molar-refractivity contribution in [3.63, 3.8) is 0 Å². The third-order valence-electron chi connectivity index (χ3n) is 3.10. The molecule has 0 radical (unpaired) electrons. The normalized spacial score (nSPS) is 11.4. The average molecular weight is 224 g/mol. The van der Waals surface area contributed by atoms with Crippen LogP contribution in [0.3, 0.4) is 0 Å². The summed E-state index contributed by atoms with van der Waals surface area (Å²) in [6.45, 7) is 4.52. The average Bonchev–Trinajstić information content (AvgIpc) is 2.31. The lowest BCUT2D eigenvalue weighted by Crippen LogP contribution is -1.80. The Kier molecular flexibility index (Phi) is 14.5. The van der Waals surface area contributed by atoms with Crippen LogP contribution in [0.1, 0.15) is 90.9 Å². The Morgan fingerprint density at radius 2 is 1.00 bits per heavy atom. The summed E-state index contributed by atoms with van der Waals surface area (Å²) in [5, 5.41) is 0. The van der Waals surface area contributed by atoms with Gasteiger partial charge in [-0.2, -0.15) is 0 Å². The van der Waals surface area contributed by atoms with E-state index in [4.69, 9.17) is 0 Å². The standard InChI is InChI=1S/C16H32/c1-3-5-7-9-11-13-15-16-14-12-10-8-6-4-2/h7,9H,3-6,8,10-16H2,1-2H3/b9-7+. The van der Waals surface area contributed by atoms with Gasteiger partial charge in [-0.05, 0) is 19.3 Å². The highest BCUT2D eigenvalue weighted by Gasteiger charge is 1.90. The zero-order chi connectivity index (χ0) is 11.9. The van der Waals surface area contributed by atoms with Crippen molar-refractivity contribution >= 4 is 0 Å². The second-order valence-corrected chi connectivity index (χ2v) is 4.88. The zero-order valence-electron chi connectivity index (χ0n) is 11.6. The number of hydrogen-bond acceptors (Lipinski definition) is 0. The first kappa shape index (κ1) is 15.7. The van der Waals surface area contributed by atoms with Gasteiger partial charge in [0.1, 0.15) is 0 Å². The van der Waals surface area contributed by atoms with Gasteiger partial charge in [0.2, 0.25) is 0 Å². The number of allylic oxidation sites excluding steroid dienone is 2. The smallest absolute Gasteiger partial charge is 0.0351 e. The maximum atomic E-state index is 2.37. The summed E-state index contributed by atoms with van der Waals surface area (Å²) in [4.78, 5) is 0. The van der Waals surface area contributed by atoms with Gasteiger partial charge >= 0.3 is 0 Å². The highest BCUT2D eigenvalue weighted by molar-refractivity contribution is 4.80. The molecule has 0 amide bonds. The first-order valence-corrected chi connectivity index (χ1v) is 7.56. The lowest BCUT2D eigenvalue weighted by Gasteiger charge is -2.00. The minimum atomic E-state index is 1.26. The molecule has 96 valence electrons. The van der Waals surface area contributed by atoms with Crippen molar-refractivity contribution < 1.29 is 0 Å². The molecule has 0 aliphatic rings. The van der Waals surface area contributed by atoms with Crippen molar-refractivity contribution in [3.8, 4) is 0 Å². The van der Waals surface area contributed by atoms with E-state index in [9.17, 15) is 0 Å². The van der Waals surface area contributed by atoms with Crippen LogP contribution < -0.4 is 0 Å². The van der Waals surface area contributed by atoms with Crippen LogP contribution in [0.4, 0.5) is 0 Å². The Balaban J connectivity index is 2.93. The van der Waals surface area contributed by atoms with Crippen molar-refractivity contribution in [3.05, 3.63) is 12.2 Å². The van der Waals surface area contributed by atoms with E-state index in [0.29, 0.717) is 0 Å². The molecule has 0 aliphatic carbocycles. The van der Waals surface area contributed by atoms with Crippen LogP contribution in [0, 0.1) is 0 Å². The van der Waals surface area contributed by atoms with Crippen LogP contribution >= 0.6 is 0 Å². The summed E-state index contributed by atoms with van der Waals surface area (Å²) in [6.07, 6.45) is 21.5. The van der Waals surface area contributed by atoms with Gasteiger partial charge in [0.15, 0.2) is 0 Å². The molecule has 0 saturated heterocycles. The van der Waals surface area contributed by atoms with E-state index in [2.05, 4.69) is 26.0 Å². The minimum Gasteiger partial charge on any atom is -0.0885 e. The van der Waals surface area contributed by atoms with Gasteiger partial charge in [0, 0.05) is 0 Å². The molecule has 0 N–H and O–H groups in total. The van der Waals surface area contributed by atoms with Crippen LogP contribution in [0.25, 0.3) is 0 Å². The Morgan fingerprint density at radius 1 is 0.500 bits per heavy atom. The number of rotatable bonds is 12. The van der Waals surface area contributed by atoms with Crippen LogP contribution in [-0.2, 0) is 0 Å². The van der Waals surface area contributed by atoms with E-state index >= 15 is 0 Å². The molecule has 0 aromatic carbocycles. The molecule has 0 fully saturated rings. The maximum absolute atomic E-state index is 2.37. The molecular formula is C16H32. The van der Waals surface area contributed by atoms with Crippen LogP contribution in [0.15, 0.2) is 12.2 Å². The van der Waals surface area contributed by atoms with Gasteiger partial charge in [0.05, 0.1) is 0 Å². The predicted molar refractivity (Wildman–Crippen MR) is 75.9 cm³/mol. The topological polar surface area (TPSA) is 0 Å². The predicted octanol–water partition coefficient (Wildman–Crippen LogP) is 6.26. The van der Waals surface area contributed by atoms with Gasteiger partial charge in [0.25, 0.3) is 0 Å². The Labute approximate surface area is 104 Å². The molecule has 0 heterocycles. The fourth-order valence-corrected chi connectivity index (χ4v) is 1.98. The SMILES string of the molecule is CCC/C=C/CCCCCCCCCCC. The number of hydrogen-bond donors (Lipinski definition) is 0. The first-order valence-electron chi connectivity index (χ1n) is 7.56. The third kappa shape index (κ3) is 13.7. The molecule has 0 saturated carbocycles.